The molecule has 0 atom stereocenters. The Labute approximate surface area is 169 Å². The first kappa shape index (κ1) is 19.5. The highest BCUT2D eigenvalue weighted by atomic mass is 16.5. The summed E-state index contributed by atoms with van der Waals surface area (Å²) in [5.41, 5.74) is 1.95. The second kappa shape index (κ2) is 8.27. The van der Waals surface area contributed by atoms with Crippen LogP contribution in [-0.4, -0.2) is 44.5 Å². The number of rotatable bonds is 6. The van der Waals surface area contributed by atoms with Crippen molar-refractivity contribution in [3.8, 4) is 5.88 Å². The van der Waals surface area contributed by atoms with Crippen LogP contribution >= 0.6 is 0 Å². The minimum atomic E-state index is -0.0569. The average Bonchev–Trinajstić information content (AvgIpc) is 3.25. The smallest absolute Gasteiger partial charge is 0.275 e. The first-order chi connectivity index (χ1) is 14.1. The van der Waals surface area contributed by atoms with Gasteiger partial charge in [0.2, 0.25) is 11.8 Å². The van der Waals surface area contributed by atoms with Crippen molar-refractivity contribution in [3.63, 3.8) is 0 Å². The van der Waals surface area contributed by atoms with Gasteiger partial charge in [0.25, 0.3) is 5.56 Å². The molecule has 4 rings (SSSR count). The average molecular weight is 396 g/mol. The maximum absolute atomic E-state index is 12.4. The van der Waals surface area contributed by atoms with Gasteiger partial charge in [-0.3, -0.25) is 14.0 Å². The molecule has 0 aliphatic heterocycles. The van der Waals surface area contributed by atoms with Gasteiger partial charge in [-0.2, -0.15) is 4.98 Å². The van der Waals surface area contributed by atoms with Gasteiger partial charge >= 0.3 is 0 Å². The molecule has 154 valence electrons. The van der Waals surface area contributed by atoms with Crippen molar-refractivity contribution in [2.24, 2.45) is 7.05 Å². The molecule has 0 radical (unpaired) electrons. The third-order valence-electron chi connectivity index (χ3n) is 5.99. The van der Waals surface area contributed by atoms with Crippen molar-refractivity contribution in [3.05, 3.63) is 40.8 Å². The fraction of sp³-hybridized carbons (Fsp3) is 0.500. The lowest BCUT2D eigenvalue weighted by atomic mass is 9.94. The number of aryl methyl sites for hydroxylation is 1. The van der Waals surface area contributed by atoms with E-state index < -0.39 is 0 Å². The highest BCUT2D eigenvalue weighted by molar-refractivity contribution is 5.76. The van der Waals surface area contributed by atoms with Crippen LogP contribution in [0.2, 0.25) is 0 Å². The van der Waals surface area contributed by atoms with Gasteiger partial charge in [0.15, 0.2) is 5.65 Å². The van der Waals surface area contributed by atoms with Crippen LogP contribution in [0.15, 0.2) is 35.3 Å². The molecule has 0 N–H and O–H groups in total. The molecule has 7 heteroatoms. The zero-order valence-corrected chi connectivity index (χ0v) is 17.1. The molecule has 1 fully saturated rings. The van der Waals surface area contributed by atoms with Crippen molar-refractivity contribution >= 4 is 22.6 Å². The Bertz CT molecular complexity index is 1080. The van der Waals surface area contributed by atoms with E-state index in [0.717, 1.165) is 18.4 Å². The normalized spacial score (nSPS) is 15.1. The van der Waals surface area contributed by atoms with E-state index in [1.165, 1.54) is 19.3 Å². The Morgan fingerprint density at radius 2 is 2.00 bits per heavy atom. The molecule has 3 aromatic rings. The van der Waals surface area contributed by atoms with Crippen LogP contribution < -0.4 is 10.3 Å². The third kappa shape index (κ3) is 3.86. The summed E-state index contributed by atoms with van der Waals surface area (Å²) in [7, 11) is 3.67. The predicted octanol–water partition coefficient (Wildman–Crippen LogP) is 3.14. The summed E-state index contributed by atoms with van der Waals surface area (Å²) < 4.78 is 9.19. The predicted molar refractivity (Wildman–Crippen MR) is 112 cm³/mol. The number of carbonyl (C=O) groups excluding carboxylic acids is 1. The summed E-state index contributed by atoms with van der Waals surface area (Å²) in [6.07, 6.45) is 8.94. The third-order valence-corrected chi connectivity index (χ3v) is 5.99. The Balaban J connectivity index is 1.38. The van der Waals surface area contributed by atoms with Gasteiger partial charge in [-0.05, 0) is 37.5 Å². The first-order valence-corrected chi connectivity index (χ1v) is 10.4. The first-order valence-electron chi connectivity index (χ1n) is 10.4. The number of amides is 1. The highest BCUT2D eigenvalue weighted by Gasteiger charge is 2.21. The fourth-order valence-corrected chi connectivity index (χ4v) is 4.21. The number of hydrogen-bond acceptors (Lipinski definition) is 4. The summed E-state index contributed by atoms with van der Waals surface area (Å²) in [5.74, 6) is 0.690. The lowest BCUT2D eigenvalue weighted by Crippen LogP contribution is -2.38. The lowest BCUT2D eigenvalue weighted by molar-refractivity contribution is -0.132. The lowest BCUT2D eigenvalue weighted by Gasteiger charge is -2.31. The van der Waals surface area contributed by atoms with Crippen molar-refractivity contribution in [1.29, 1.82) is 0 Å². The van der Waals surface area contributed by atoms with Crippen LogP contribution in [0.5, 0.6) is 5.88 Å². The Hall–Kier alpha value is -2.83. The van der Waals surface area contributed by atoms with E-state index in [1.807, 2.05) is 30.3 Å². The van der Waals surface area contributed by atoms with E-state index in [2.05, 4.69) is 4.98 Å². The monoisotopic (exact) mass is 396 g/mol. The van der Waals surface area contributed by atoms with Crippen LogP contribution in [0, 0.1) is 0 Å². The van der Waals surface area contributed by atoms with E-state index >= 15 is 0 Å². The second-order valence-electron chi connectivity index (χ2n) is 7.87. The summed E-state index contributed by atoms with van der Waals surface area (Å²) in [6.45, 7) is 0.434. The molecule has 29 heavy (non-hydrogen) atoms. The largest absolute Gasteiger partial charge is 0.478 e. The zero-order valence-electron chi connectivity index (χ0n) is 17.1. The molecule has 1 saturated carbocycles. The Morgan fingerprint density at radius 3 is 2.79 bits per heavy atom. The van der Waals surface area contributed by atoms with Gasteiger partial charge < -0.3 is 14.2 Å². The molecule has 3 aromatic heterocycles. The van der Waals surface area contributed by atoms with Crippen LogP contribution in [0.1, 0.15) is 44.9 Å². The number of aromatic nitrogens is 3. The molecule has 0 unspecified atom stereocenters. The molecule has 0 saturated heterocycles. The fourth-order valence-electron chi connectivity index (χ4n) is 4.21. The molecule has 0 aromatic carbocycles. The van der Waals surface area contributed by atoms with Gasteiger partial charge in [0, 0.05) is 38.8 Å². The van der Waals surface area contributed by atoms with Crippen molar-refractivity contribution in [2.45, 2.75) is 51.0 Å². The number of pyridine rings is 1. The highest BCUT2D eigenvalue weighted by Crippen LogP contribution is 2.22. The number of ether oxygens (including phenoxy) is 1. The zero-order chi connectivity index (χ0) is 20.4. The summed E-state index contributed by atoms with van der Waals surface area (Å²) in [4.78, 5) is 31.3. The number of hydrogen-bond donors (Lipinski definition) is 0. The van der Waals surface area contributed by atoms with Crippen LogP contribution in [0.25, 0.3) is 16.7 Å². The molecule has 0 spiro atoms. The number of nitrogens with zero attached hydrogens (tertiary/aromatic N) is 4. The summed E-state index contributed by atoms with van der Waals surface area (Å²) >= 11 is 0. The molecule has 0 bridgehead atoms. The van der Waals surface area contributed by atoms with Gasteiger partial charge in [-0.25, -0.2) is 0 Å². The molecular weight excluding hydrogens is 368 g/mol. The quantitative estimate of drug-likeness (QED) is 0.600. The van der Waals surface area contributed by atoms with Crippen LogP contribution in [-0.2, 0) is 11.8 Å². The minimum Gasteiger partial charge on any atom is -0.478 e. The van der Waals surface area contributed by atoms with E-state index in [4.69, 9.17) is 4.74 Å². The van der Waals surface area contributed by atoms with Gasteiger partial charge in [0.1, 0.15) is 5.52 Å². The Kier molecular flexibility index (Phi) is 5.56. The number of fused-ring (bicyclic) bond motifs is 3. The van der Waals surface area contributed by atoms with Gasteiger partial charge in [-0.15, -0.1) is 0 Å². The van der Waals surface area contributed by atoms with Crippen molar-refractivity contribution in [2.75, 3.05) is 13.7 Å². The van der Waals surface area contributed by atoms with E-state index in [9.17, 15) is 9.59 Å². The van der Waals surface area contributed by atoms with Crippen molar-refractivity contribution < 1.29 is 9.53 Å². The Morgan fingerprint density at radius 1 is 1.21 bits per heavy atom. The van der Waals surface area contributed by atoms with Crippen molar-refractivity contribution in [1.82, 2.24) is 18.9 Å². The van der Waals surface area contributed by atoms with Crippen LogP contribution in [0.4, 0.5) is 0 Å². The number of carbonyl (C=O) groups is 1. The van der Waals surface area contributed by atoms with Crippen LogP contribution in [0.3, 0.4) is 0 Å². The molecule has 1 amide bonds. The summed E-state index contributed by atoms with van der Waals surface area (Å²) in [6, 6.07) is 7.63. The van der Waals surface area contributed by atoms with Gasteiger partial charge in [0.05, 0.1) is 12.1 Å². The van der Waals surface area contributed by atoms with E-state index in [0.29, 0.717) is 42.5 Å². The van der Waals surface area contributed by atoms with Gasteiger partial charge in [-0.1, -0.05) is 19.3 Å². The summed E-state index contributed by atoms with van der Waals surface area (Å²) in [5, 5.41) is 0. The molecule has 3 heterocycles. The molecular formula is C22H28N4O3. The van der Waals surface area contributed by atoms with E-state index in [-0.39, 0.29) is 11.5 Å². The maximum Gasteiger partial charge on any atom is 0.275 e. The maximum atomic E-state index is 12.4. The topological polar surface area (TPSA) is 68.8 Å². The van der Waals surface area contributed by atoms with E-state index in [1.54, 1.807) is 28.1 Å². The minimum absolute atomic E-state index is 0.0569. The molecule has 1 aliphatic rings. The molecule has 1 aliphatic carbocycles. The SMILES string of the molecule is CN(C(=O)CCCOc1ccc2c(n1)n1cccc1c(=O)n2C)C1CCCCC1. The molecule has 7 nitrogen and oxygen atoms in total. The standard InChI is InChI=1S/C22H28N4O3/c1-24(16-8-4-3-5-9-16)20(27)11-7-15-29-19-13-12-17-21(23-19)26-14-6-10-18(26)22(28)25(17)2/h6,10,12-14,16H,3-5,7-9,11,15H2,1-2H3. The second-order valence-corrected chi connectivity index (χ2v) is 7.87.